The molecule has 1 aliphatic rings. The molecule has 1 N–H and O–H groups in total. The fraction of sp³-hybridized carbons (Fsp3) is 0.333. The predicted octanol–water partition coefficient (Wildman–Crippen LogP) is 3.08. The molecule has 1 aliphatic heterocycles. The summed E-state index contributed by atoms with van der Waals surface area (Å²) in [4.78, 5) is 29.1. The fourth-order valence-electron chi connectivity index (χ4n) is 2.93. The van der Waals surface area contributed by atoms with E-state index in [-0.39, 0.29) is 11.6 Å². The highest BCUT2D eigenvalue weighted by atomic mass is 16.6. The molecule has 0 unspecified atom stereocenters. The first-order chi connectivity index (χ1) is 12.1. The highest BCUT2D eigenvalue weighted by Crippen LogP contribution is 2.29. The Balaban J connectivity index is 1.70. The van der Waals surface area contributed by atoms with Crippen molar-refractivity contribution in [3.05, 3.63) is 52.6 Å². The molecule has 7 nitrogen and oxygen atoms in total. The maximum atomic E-state index is 12.0. The Morgan fingerprint density at radius 2 is 1.88 bits per heavy atom. The second-order valence-corrected chi connectivity index (χ2v) is 5.95. The summed E-state index contributed by atoms with van der Waals surface area (Å²) in [6.07, 6.45) is 2.53. The smallest absolute Gasteiger partial charge is 0.295 e. The van der Waals surface area contributed by atoms with Crippen molar-refractivity contribution in [2.75, 3.05) is 25.0 Å². The molecule has 1 fully saturated rings. The zero-order valence-corrected chi connectivity index (χ0v) is 13.9. The van der Waals surface area contributed by atoms with Crippen molar-refractivity contribution < 1.29 is 9.72 Å². The van der Waals surface area contributed by atoms with Crippen molar-refractivity contribution in [3.8, 4) is 11.3 Å². The topological polar surface area (TPSA) is 88.4 Å². The molecule has 1 aromatic carbocycles. The lowest BCUT2D eigenvalue weighted by Gasteiger charge is -2.15. The van der Waals surface area contributed by atoms with Crippen LogP contribution in [-0.4, -0.2) is 40.3 Å². The lowest BCUT2D eigenvalue weighted by molar-refractivity contribution is -0.384. The molecule has 1 saturated heterocycles. The van der Waals surface area contributed by atoms with E-state index in [2.05, 4.69) is 10.3 Å². The quantitative estimate of drug-likeness (QED) is 0.645. The summed E-state index contributed by atoms with van der Waals surface area (Å²) in [6, 6.07) is 12.1. The molecule has 1 aromatic heterocycles. The average molecular weight is 340 g/mol. The number of nitrogens with one attached hydrogen (secondary N) is 1. The van der Waals surface area contributed by atoms with E-state index < -0.39 is 4.92 Å². The molecule has 0 radical (unpaired) electrons. The minimum absolute atomic E-state index is 0.0371. The number of amides is 1. The highest BCUT2D eigenvalue weighted by molar-refractivity contribution is 5.77. The monoisotopic (exact) mass is 340 g/mol. The molecule has 0 bridgehead atoms. The Hall–Kier alpha value is -2.96. The van der Waals surface area contributed by atoms with Crippen LogP contribution in [0.15, 0.2) is 42.5 Å². The SMILES string of the molecule is O=C(CCNc1ccc([N+](=O)[O-])c(-c2ccccc2)n1)N1CCCC1. The summed E-state index contributed by atoms with van der Waals surface area (Å²) in [7, 11) is 0. The number of benzene rings is 1. The molecule has 0 spiro atoms. The summed E-state index contributed by atoms with van der Waals surface area (Å²) >= 11 is 0. The van der Waals surface area contributed by atoms with Crippen LogP contribution in [0.5, 0.6) is 0 Å². The van der Waals surface area contributed by atoms with Crippen LogP contribution in [0, 0.1) is 10.1 Å². The van der Waals surface area contributed by atoms with Gasteiger partial charge in [-0.15, -0.1) is 0 Å². The first kappa shape index (κ1) is 16.9. The lowest BCUT2D eigenvalue weighted by Crippen LogP contribution is -2.29. The molecule has 3 rings (SSSR count). The van der Waals surface area contributed by atoms with Crippen molar-refractivity contribution in [3.63, 3.8) is 0 Å². The molecule has 0 saturated carbocycles. The summed E-state index contributed by atoms with van der Waals surface area (Å²) in [5, 5.41) is 14.3. The molecule has 130 valence electrons. The van der Waals surface area contributed by atoms with Gasteiger partial charge in [-0.3, -0.25) is 14.9 Å². The summed E-state index contributed by atoms with van der Waals surface area (Å²) < 4.78 is 0. The van der Waals surface area contributed by atoms with Crippen LogP contribution in [-0.2, 0) is 4.79 Å². The molecule has 7 heteroatoms. The second-order valence-electron chi connectivity index (χ2n) is 5.95. The number of hydrogen-bond donors (Lipinski definition) is 1. The number of likely N-dealkylation sites (tertiary alicyclic amines) is 1. The first-order valence-electron chi connectivity index (χ1n) is 8.37. The van der Waals surface area contributed by atoms with Crippen LogP contribution in [0.2, 0.25) is 0 Å². The molecule has 25 heavy (non-hydrogen) atoms. The van der Waals surface area contributed by atoms with Crippen molar-refractivity contribution in [2.45, 2.75) is 19.3 Å². The van der Waals surface area contributed by atoms with E-state index in [9.17, 15) is 14.9 Å². The number of aromatic nitrogens is 1. The van der Waals surface area contributed by atoms with Gasteiger partial charge in [0.25, 0.3) is 5.69 Å². The van der Waals surface area contributed by atoms with Gasteiger partial charge < -0.3 is 10.2 Å². The van der Waals surface area contributed by atoms with Gasteiger partial charge in [0.2, 0.25) is 5.91 Å². The summed E-state index contributed by atoms with van der Waals surface area (Å²) in [6.45, 7) is 2.13. The van der Waals surface area contributed by atoms with Gasteiger partial charge in [-0.2, -0.15) is 0 Å². The third-order valence-electron chi connectivity index (χ3n) is 4.22. The van der Waals surface area contributed by atoms with Gasteiger partial charge in [0.1, 0.15) is 5.82 Å². The van der Waals surface area contributed by atoms with Crippen LogP contribution in [0.1, 0.15) is 19.3 Å². The van der Waals surface area contributed by atoms with Crippen molar-refractivity contribution in [1.29, 1.82) is 0 Å². The maximum Gasteiger partial charge on any atom is 0.295 e. The average Bonchev–Trinajstić information content (AvgIpc) is 3.17. The van der Waals surface area contributed by atoms with E-state index in [1.165, 1.54) is 6.07 Å². The van der Waals surface area contributed by atoms with Gasteiger partial charge in [-0.05, 0) is 18.9 Å². The van der Waals surface area contributed by atoms with E-state index in [4.69, 9.17) is 0 Å². The summed E-state index contributed by atoms with van der Waals surface area (Å²) in [5.74, 6) is 0.661. The molecular formula is C18H20N4O3. The number of hydrogen-bond acceptors (Lipinski definition) is 5. The Morgan fingerprint density at radius 1 is 1.16 bits per heavy atom. The van der Waals surface area contributed by atoms with Crippen LogP contribution >= 0.6 is 0 Å². The van der Waals surface area contributed by atoms with Gasteiger partial charge in [0.05, 0.1) is 4.92 Å². The number of anilines is 1. The maximum absolute atomic E-state index is 12.0. The third-order valence-corrected chi connectivity index (χ3v) is 4.22. The normalized spacial score (nSPS) is 13.7. The Kier molecular flexibility index (Phi) is 5.23. The third kappa shape index (κ3) is 4.12. The van der Waals surface area contributed by atoms with Gasteiger partial charge in [0, 0.05) is 37.7 Å². The van der Waals surface area contributed by atoms with Gasteiger partial charge in [-0.1, -0.05) is 30.3 Å². The van der Waals surface area contributed by atoms with Crippen molar-refractivity contribution in [2.24, 2.45) is 0 Å². The van der Waals surface area contributed by atoms with E-state index in [0.717, 1.165) is 25.9 Å². The number of pyridine rings is 1. The number of nitro groups is 1. The van der Waals surface area contributed by atoms with Gasteiger partial charge in [-0.25, -0.2) is 4.98 Å². The number of carbonyl (C=O) groups excluding carboxylic acids is 1. The molecule has 2 aromatic rings. The van der Waals surface area contributed by atoms with E-state index in [1.54, 1.807) is 18.2 Å². The molecule has 0 atom stereocenters. The zero-order chi connectivity index (χ0) is 17.6. The van der Waals surface area contributed by atoms with E-state index in [0.29, 0.717) is 30.0 Å². The Labute approximate surface area is 145 Å². The number of carbonyl (C=O) groups is 1. The zero-order valence-electron chi connectivity index (χ0n) is 13.9. The summed E-state index contributed by atoms with van der Waals surface area (Å²) in [5.41, 5.74) is 0.970. The molecular weight excluding hydrogens is 320 g/mol. The van der Waals surface area contributed by atoms with Crippen LogP contribution in [0.4, 0.5) is 11.5 Å². The van der Waals surface area contributed by atoms with Crippen LogP contribution < -0.4 is 5.32 Å². The molecule has 0 aliphatic carbocycles. The van der Waals surface area contributed by atoms with Crippen LogP contribution in [0.3, 0.4) is 0 Å². The van der Waals surface area contributed by atoms with Gasteiger partial charge in [0.15, 0.2) is 5.69 Å². The Morgan fingerprint density at radius 3 is 2.56 bits per heavy atom. The predicted molar refractivity (Wildman–Crippen MR) is 95.2 cm³/mol. The minimum Gasteiger partial charge on any atom is -0.370 e. The Bertz CT molecular complexity index is 758. The standard InChI is InChI=1S/C18H20N4O3/c23-17(21-12-4-5-13-21)10-11-19-16-9-8-15(22(24)25)18(20-16)14-6-2-1-3-7-14/h1-3,6-9H,4-5,10-13H2,(H,19,20). The van der Waals surface area contributed by atoms with Gasteiger partial charge >= 0.3 is 0 Å². The van der Waals surface area contributed by atoms with E-state index in [1.807, 2.05) is 23.1 Å². The minimum atomic E-state index is -0.435. The van der Waals surface area contributed by atoms with Crippen LogP contribution in [0.25, 0.3) is 11.3 Å². The molecule has 2 heterocycles. The number of nitrogens with zero attached hydrogens (tertiary/aromatic N) is 3. The largest absolute Gasteiger partial charge is 0.370 e. The van der Waals surface area contributed by atoms with E-state index >= 15 is 0 Å². The number of rotatable bonds is 6. The highest BCUT2D eigenvalue weighted by Gasteiger charge is 2.19. The first-order valence-corrected chi connectivity index (χ1v) is 8.37. The lowest BCUT2D eigenvalue weighted by atomic mass is 10.1. The molecule has 1 amide bonds. The van der Waals surface area contributed by atoms with Crippen molar-refractivity contribution in [1.82, 2.24) is 9.88 Å². The second kappa shape index (κ2) is 7.74. The van der Waals surface area contributed by atoms with Crippen molar-refractivity contribution >= 4 is 17.4 Å². The fourth-order valence-corrected chi connectivity index (χ4v) is 2.93.